The molecule has 0 atom stereocenters. The van der Waals surface area contributed by atoms with E-state index in [1.807, 2.05) is 6.07 Å². The molecule has 0 bridgehead atoms. The molecule has 0 spiro atoms. The van der Waals surface area contributed by atoms with E-state index in [0.29, 0.717) is 11.3 Å². The van der Waals surface area contributed by atoms with Gasteiger partial charge in [0, 0.05) is 12.6 Å². The van der Waals surface area contributed by atoms with Crippen molar-refractivity contribution in [1.82, 2.24) is 9.78 Å². The first-order valence-electron chi connectivity index (χ1n) is 5.60. The van der Waals surface area contributed by atoms with Gasteiger partial charge >= 0.3 is 5.97 Å². The van der Waals surface area contributed by atoms with Crippen molar-refractivity contribution in [3.05, 3.63) is 42.1 Å². The van der Waals surface area contributed by atoms with Gasteiger partial charge in [-0.1, -0.05) is 30.3 Å². The monoisotopic (exact) mass is 266 g/mol. The van der Waals surface area contributed by atoms with Gasteiger partial charge in [0.15, 0.2) is 0 Å². The van der Waals surface area contributed by atoms with Gasteiger partial charge in [0.1, 0.15) is 12.1 Å². The second-order valence-electron chi connectivity index (χ2n) is 4.18. The maximum atomic E-state index is 13.8. The SMILES string of the molecule is Cn1nc(-c2ccccc2)cc1C(F)(F)CC(=O)O. The molecular formula is C13H12F2N2O2. The highest BCUT2D eigenvalue weighted by Crippen LogP contribution is 2.33. The summed E-state index contributed by atoms with van der Waals surface area (Å²) in [7, 11) is 1.37. The predicted octanol–water partition coefficient (Wildman–Crippen LogP) is 2.65. The number of aryl methyl sites for hydroxylation is 1. The summed E-state index contributed by atoms with van der Waals surface area (Å²) >= 11 is 0. The van der Waals surface area contributed by atoms with Gasteiger partial charge in [0.2, 0.25) is 0 Å². The van der Waals surface area contributed by atoms with E-state index < -0.39 is 24.0 Å². The van der Waals surface area contributed by atoms with Crippen LogP contribution in [0.5, 0.6) is 0 Å². The smallest absolute Gasteiger partial charge is 0.309 e. The number of hydrogen-bond acceptors (Lipinski definition) is 2. The molecule has 19 heavy (non-hydrogen) atoms. The molecule has 0 saturated carbocycles. The number of carbonyl (C=O) groups is 1. The lowest BCUT2D eigenvalue weighted by atomic mass is 10.1. The molecule has 4 nitrogen and oxygen atoms in total. The minimum absolute atomic E-state index is 0.392. The Morgan fingerprint density at radius 1 is 1.37 bits per heavy atom. The quantitative estimate of drug-likeness (QED) is 0.925. The summed E-state index contributed by atoms with van der Waals surface area (Å²) in [5, 5.41) is 12.5. The molecule has 0 unspecified atom stereocenters. The summed E-state index contributed by atoms with van der Waals surface area (Å²) in [6, 6.07) is 10.1. The van der Waals surface area contributed by atoms with Gasteiger partial charge < -0.3 is 5.11 Å². The lowest BCUT2D eigenvalue weighted by molar-refractivity contribution is -0.146. The molecule has 0 amide bonds. The predicted molar refractivity (Wildman–Crippen MR) is 64.8 cm³/mol. The van der Waals surface area contributed by atoms with Crippen molar-refractivity contribution in [2.24, 2.45) is 7.05 Å². The number of aromatic nitrogens is 2. The fourth-order valence-electron chi connectivity index (χ4n) is 1.84. The standard InChI is InChI=1S/C13H12F2N2O2/c1-17-11(13(14,15)8-12(18)19)7-10(16-17)9-5-3-2-4-6-9/h2-7H,8H2,1H3,(H,18,19). The number of benzene rings is 1. The Morgan fingerprint density at radius 3 is 2.58 bits per heavy atom. The number of halogens is 2. The summed E-state index contributed by atoms with van der Waals surface area (Å²) in [4.78, 5) is 10.5. The van der Waals surface area contributed by atoms with Crippen LogP contribution in [-0.4, -0.2) is 20.9 Å². The van der Waals surface area contributed by atoms with E-state index in [-0.39, 0.29) is 0 Å². The number of alkyl halides is 2. The number of rotatable bonds is 4. The van der Waals surface area contributed by atoms with Crippen LogP contribution in [0.3, 0.4) is 0 Å². The third kappa shape index (κ3) is 2.78. The Hall–Kier alpha value is -2.24. The van der Waals surface area contributed by atoms with E-state index in [0.717, 1.165) is 4.68 Å². The van der Waals surface area contributed by atoms with Gasteiger partial charge in [0.05, 0.1) is 5.69 Å². The highest BCUT2D eigenvalue weighted by molar-refractivity contribution is 5.68. The first-order chi connectivity index (χ1) is 8.90. The van der Waals surface area contributed by atoms with Crippen molar-refractivity contribution in [2.75, 3.05) is 0 Å². The molecule has 6 heteroatoms. The summed E-state index contributed by atoms with van der Waals surface area (Å²) in [5.41, 5.74) is 0.687. The summed E-state index contributed by atoms with van der Waals surface area (Å²) in [6.07, 6.45) is -1.25. The molecule has 1 heterocycles. The van der Waals surface area contributed by atoms with Gasteiger partial charge in [-0.05, 0) is 6.07 Å². The molecule has 2 rings (SSSR count). The second kappa shape index (κ2) is 4.79. The van der Waals surface area contributed by atoms with Crippen LogP contribution >= 0.6 is 0 Å². The van der Waals surface area contributed by atoms with E-state index in [1.165, 1.54) is 13.1 Å². The first-order valence-corrected chi connectivity index (χ1v) is 5.60. The number of carboxylic acids is 1. The molecule has 0 aliphatic heterocycles. The zero-order valence-corrected chi connectivity index (χ0v) is 10.2. The highest BCUT2D eigenvalue weighted by atomic mass is 19.3. The van der Waals surface area contributed by atoms with E-state index in [9.17, 15) is 13.6 Å². The molecule has 1 aromatic heterocycles. The zero-order valence-electron chi connectivity index (χ0n) is 10.2. The van der Waals surface area contributed by atoms with Crippen LogP contribution in [0.25, 0.3) is 11.3 Å². The molecular weight excluding hydrogens is 254 g/mol. The largest absolute Gasteiger partial charge is 0.481 e. The number of hydrogen-bond donors (Lipinski definition) is 1. The molecule has 0 fully saturated rings. The van der Waals surface area contributed by atoms with Crippen molar-refractivity contribution in [1.29, 1.82) is 0 Å². The van der Waals surface area contributed by atoms with Crippen molar-refractivity contribution in [3.63, 3.8) is 0 Å². The molecule has 2 aromatic rings. The van der Waals surface area contributed by atoms with Crippen LogP contribution in [0.4, 0.5) is 8.78 Å². The summed E-state index contributed by atoms with van der Waals surface area (Å²) in [5.74, 6) is -4.99. The van der Waals surface area contributed by atoms with Gasteiger partial charge in [-0.25, -0.2) is 0 Å². The third-order valence-corrected chi connectivity index (χ3v) is 2.70. The minimum Gasteiger partial charge on any atom is -0.481 e. The van der Waals surface area contributed by atoms with Gasteiger partial charge in [-0.2, -0.15) is 13.9 Å². The maximum absolute atomic E-state index is 13.8. The summed E-state index contributed by atoms with van der Waals surface area (Å²) < 4.78 is 28.5. The van der Waals surface area contributed by atoms with Crippen LogP contribution < -0.4 is 0 Å². The van der Waals surface area contributed by atoms with Crippen LogP contribution in [0.2, 0.25) is 0 Å². The Kier molecular flexibility index (Phi) is 3.33. The van der Waals surface area contributed by atoms with Gasteiger partial charge in [0.25, 0.3) is 5.92 Å². The minimum atomic E-state index is -3.44. The van der Waals surface area contributed by atoms with E-state index >= 15 is 0 Å². The number of nitrogens with zero attached hydrogens (tertiary/aromatic N) is 2. The zero-order chi connectivity index (χ0) is 14.0. The Labute approximate surface area is 108 Å². The third-order valence-electron chi connectivity index (χ3n) is 2.70. The topological polar surface area (TPSA) is 55.1 Å². The van der Waals surface area contributed by atoms with E-state index in [1.54, 1.807) is 24.3 Å². The van der Waals surface area contributed by atoms with Crippen LogP contribution in [-0.2, 0) is 17.8 Å². The number of carboxylic acid groups (broad SMARTS) is 1. The van der Waals surface area contributed by atoms with Crippen molar-refractivity contribution >= 4 is 5.97 Å². The van der Waals surface area contributed by atoms with E-state index in [2.05, 4.69) is 5.10 Å². The van der Waals surface area contributed by atoms with Gasteiger partial charge in [-0.15, -0.1) is 0 Å². The second-order valence-corrected chi connectivity index (χ2v) is 4.18. The van der Waals surface area contributed by atoms with E-state index in [4.69, 9.17) is 5.11 Å². The molecule has 1 N–H and O–H groups in total. The highest BCUT2D eigenvalue weighted by Gasteiger charge is 2.38. The molecule has 0 aliphatic rings. The molecule has 0 radical (unpaired) electrons. The van der Waals surface area contributed by atoms with Crippen molar-refractivity contribution in [3.8, 4) is 11.3 Å². The van der Waals surface area contributed by atoms with Crippen molar-refractivity contribution in [2.45, 2.75) is 12.3 Å². The lowest BCUT2D eigenvalue weighted by Crippen LogP contribution is -2.21. The average molecular weight is 266 g/mol. The fourth-order valence-corrected chi connectivity index (χ4v) is 1.84. The number of aliphatic carboxylic acids is 1. The van der Waals surface area contributed by atoms with Crippen LogP contribution in [0.1, 0.15) is 12.1 Å². The maximum Gasteiger partial charge on any atom is 0.309 e. The Bertz CT molecular complexity index is 594. The fraction of sp³-hybridized carbons (Fsp3) is 0.231. The van der Waals surface area contributed by atoms with Crippen molar-refractivity contribution < 1.29 is 18.7 Å². The Balaban J connectivity index is 2.39. The molecule has 1 aromatic carbocycles. The van der Waals surface area contributed by atoms with Crippen LogP contribution in [0.15, 0.2) is 36.4 Å². The van der Waals surface area contributed by atoms with Crippen LogP contribution in [0, 0.1) is 0 Å². The normalized spacial score (nSPS) is 11.5. The molecule has 100 valence electrons. The molecule has 0 aliphatic carbocycles. The van der Waals surface area contributed by atoms with Gasteiger partial charge in [-0.3, -0.25) is 9.48 Å². The molecule has 0 saturated heterocycles. The lowest BCUT2D eigenvalue weighted by Gasteiger charge is -2.13. The Morgan fingerprint density at radius 2 is 2.00 bits per heavy atom. The average Bonchev–Trinajstić information content (AvgIpc) is 2.72. The summed E-state index contributed by atoms with van der Waals surface area (Å²) in [6.45, 7) is 0. The first kappa shape index (κ1) is 13.2.